The lowest BCUT2D eigenvalue weighted by molar-refractivity contribution is -0.119. The number of rotatable bonds is 3. The molecule has 0 unspecified atom stereocenters. The molecule has 3 N–H and O–H groups in total. The van der Waals surface area contributed by atoms with Gasteiger partial charge in [-0.15, -0.1) is 0 Å². The van der Waals surface area contributed by atoms with Crippen molar-refractivity contribution < 1.29 is 19.5 Å². The van der Waals surface area contributed by atoms with Gasteiger partial charge in [0.2, 0.25) is 5.91 Å². The number of amides is 2. The minimum atomic E-state index is -1.37. The Morgan fingerprint density at radius 2 is 1.78 bits per heavy atom. The Morgan fingerprint density at radius 3 is 2.43 bits per heavy atom. The highest BCUT2D eigenvalue weighted by Crippen LogP contribution is 2.33. The minimum Gasteiger partial charge on any atom is -0.476 e. The van der Waals surface area contributed by atoms with E-state index in [1.54, 1.807) is 24.3 Å². The zero-order chi connectivity index (χ0) is 16.6. The number of para-hydroxylation sites is 1. The van der Waals surface area contributed by atoms with Crippen LogP contribution in [0.5, 0.6) is 0 Å². The van der Waals surface area contributed by atoms with Crippen molar-refractivity contribution in [3.05, 3.63) is 53.6 Å². The summed E-state index contributed by atoms with van der Waals surface area (Å²) in [6, 6.07) is 6.08. The van der Waals surface area contributed by atoms with Crippen molar-refractivity contribution in [3.8, 4) is 0 Å². The van der Waals surface area contributed by atoms with Gasteiger partial charge in [-0.1, -0.05) is 18.2 Å². The summed E-state index contributed by atoms with van der Waals surface area (Å²) in [5, 5.41) is 9.16. The van der Waals surface area contributed by atoms with Crippen LogP contribution in [-0.2, 0) is 11.2 Å². The Morgan fingerprint density at radius 1 is 1.13 bits per heavy atom. The van der Waals surface area contributed by atoms with E-state index < -0.39 is 29.5 Å². The number of carboxylic acids is 1. The van der Waals surface area contributed by atoms with E-state index in [0.717, 1.165) is 5.56 Å². The van der Waals surface area contributed by atoms with Crippen LogP contribution in [0.15, 0.2) is 36.7 Å². The fraction of sp³-hybridized carbons (Fsp3) is 0.133. The van der Waals surface area contributed by atoms with E-state index in [2.05, 4.69) is 9.97 Å². The number of carbonyl (C=O) groups is 3. The van der Waals surface area contributed by atoms with Crippen LogP contribution < -0.4 is 10.6 Å². The monoisotopic (exact) mass is 312 g/mol. The van der Waals surface area contributed by atoms with Crippen LogP contribution in [-0.4, -0.2) is 38.9 Å². The maximum atomic E-state index is 12.8. The molecule has 2 heterocycles. The van der Waals surface area contributed by atoms with Gasteiger partial charge in [-0.3, -0.25) is 14.5 Å². The van der Waals surface area contributed by atoms with E-state index in [9.17, 15) is 14.4 Å². The van der Waals surface area contributed by atoms with E-state index in [1.807, 2.05) is 0 Å². The third-order valence-corrected chi connectivity index (χ3v) is 3.63. The second-order valence-corrected chi connectivity index (χ2v) is 4.98. The first-order valence-electron chi connectivity index (χ1n) is 6.75. The summed E-state index contributed by atoms with van der Waals surface area (Å²) in [7, 11) is 0. The number of aromatic carboxylic acids is 1. The molecule has 8 nitrogen and oxygen atoms in total. The summed E-state index contributed by atoms with van der Waals surface area (Å²) in [5.74, 6) is -2.76. The summed E-state index contributed by atoms with van der Waals surface area (Å²) >= 11 is 0. The van der Waals surface area contributed by atoms with Gasteiger partial charge in [0.1, 0.15) is 6.04 Å². The first-order valence-corrected chi connectivity index (χ1v) is 6.75. The highest BCUT2D eigenvalue weighted by atomic mass is 16.4. The molecule has 0 aliphatic carbocycles. The summed E-state index contributed by atoms with van der Waals surface area (Å²) in [6.45, 7) is 0. The molecule has 0 saturated heterocycles. The predicted molar refractivity (Wildman–Crippen MR) is 78.9 cm³/mol. The standard InChI is InChI=1S/C15H12N4O4/c16-13(20)10-7-8-3-1-2-4-9(8)19(10)14(21)11-12(15(22)23)18-6-5-17-11/h1-6,10H,7H2,(H2,16,20)(H,22,23)/t10-/m1/s1. The summed E-state index contributed by atoms with van der Waals surface area (Å²) < 4.78 is 0. The Hall–Kier alpha value is -3.29. The van der Waals surface area contributed by atoms with Gasteiger partial charge in [-0.05, 0) is 11.6 Å². The molecular formula is C15H12N4O4. The largest absolute Gasteiger partial charge is 0.476 e. The quantitative estimate of drug-likeness (QED) is 0.835. The van der Waals surface area contributed by atoms with Gasteiger partial charge in [0.05, 0.1) is 0 Å². The highest BCUT2D eigenvalue weighted by molar-refractivity contribution is 6.13. The Balaban J connectivity index is 2.10. The molecule has 1 aromatic carbocycles. The third kappa shape index (κ3) is 2.39. The van der Waals surface area contributed by atoms with Crippen LogP contribution >= 0.6 is 0 Å². The average Bonchev–Trinajstić information content (AvgIpc) is 2.94. The number of nitrogens with two attached hydrogens (primary N) is 1. The number of aromatic nitrogens is 2. The average molecular weight is 312 g/mol. The number of hydrogen-bond donors (Lipinski definition) is 2. The lowest BCUT2D eigenvalue weighted by Gasteiger charge is -2.23. The first kappa shape index (κ1) is 14.6. The van der Waals surface area contributed by atoms with Gasteiger partial charge >= 0.3 is 5.97 Å². The zero-order valence-electron chi connectivity index (χ0n) is 11.8. The first-order chi connectivity index (χ1) is 11.0. The Kier molecular flexibility index (Phi) is 3.49. The molecule has 2 aromatic rings. The Labute approximate surface area is 130 Å². The highest BCUT2D eigenvalue weighted by Gasteiger charge is 2.39. The van der Waals surface area contributed by atoms with Crippen LogP contribution in [0.3, 0.4) is 0 Å². The molecule has 116 valence electrons. The number of primary amides is 1. The topological polar surface area (TPSA) is 126 Å². The number of anilines is 1. The number of fused-ring (bicyclic) bond motifs is 1. The molecule has 0 bridgehead atoms. The molecule has 3 rings (SSSR count). The zero-order valence-corrected chi connectivity index (χ0v) is 11.8. The SMILES string of the molecule is NC(=O)[C@H]1Cc2ccccc2N1C(=O)c1nccnc1C(=O)O. The third-order valence-electron chi connectivity index (χ3n) is 3.63. The van der Waals surface area contributed by atoms with Gasteiger partial charge < -0.3 is 10.8 Å². The van der Waals surface area contributed by atoms with Gasteiger partial charge in [0.15, 0.2) is 11.4 Å². The van der Waals surface area contributed by atoms with Gasteiger partial charge in [-0.2, -0.15) is 0 Å². The van der Waals surface area contributed by atoms with Crippen molar-refractivity contribution in [3.63, 3.8) is 0 Å². The van der Waals surface area contributed by atoms with Crippen molar-refractivity contribution in [2.24, 2.45) is 5.73 Å². The molecular weight excluding hydrogens is 300 g/mol. The van der Waals surface area contributed by atoms with Crippen molar-refractivity contribution in [2.75, 3.05) is 4.90 Å². The fourth-order valence-electron chi connectivity index (χ4n) is 2.63. The van der Waals surface area contributed by atoms with Crippen LogP contribution in [0.2, 0.25) is 0 Å². The number of carboxylic acid groups (broad SMARTS) is 1. The van der Waals surface area contributed by atoms with Crippen LogP contribution in [0.25, 0.3) is 0 Å². The number of carbonyl (C=O) groups excluding carboxylic acids is 2. The number of hydrogen-bond acceptors (Lipinski definition) is 5. The van der Waals surface area contributed by atoms with E-state index in [-0.39, 0.29) is 12.1 Å². The second kappa shape index (κ2) is 5.48. The molecule has 0 saturated carbocycles. The van der Waals surface area contributed by atoms with Crippen LogP contribution in [0.4, 0.5) is 5.69 Å². The Bertz CT molecular complexity index is 821. The predicted octanol–water partition coefficient (Wildman–Crippen LogP) is 0.232. The maximum absolute atomic E-state index is 12.8. The second-order valence-electron chi connectivity index (χ2n) is 4.98. The van der Waals surface area contributed by atoms with Crippen molar-refractivity contribution in [1.29, 1.82) is 0 Å². The molecule has 0 spiro atoms. The van der Waals surface area contributed by atoms with Gasteiger partial charge in [-0.25, -0.2) is 14.8 Å². The minimum absolute atomic E-state index is 0.278. The summed E-state index contributed by atoms with van der Waals surface area (Å²) in [4.78, 5) is 44.4. The molecule has 0 radical (unpaired) electrons. The lowest BCUT2D eigenvalue weighted by atomic mass is 10.1. The van der Waals surface area contributed by atoms with E-state index >= 15 is 0 Å². The normalized spacial score (nSPS) is 16.0. The van der Waals surface area contributed by atoms with Crippen LogP contribution in [0, 0.1) is 0 Å². The molecule has 1 aliphatic heterocycles. The lowest BCUT2D eigenvalue weighted by Crippen LogP contribution is -2.46. The molecule has 1 aliphatic rings. The number of nitrogens with zero attached hydrogens (tertiary/aromatic N) is 3. The van der Waals surface area contributed by atoms with Gasteiger partial charge in [0, 0.05) is 24.5 Å². The summed E-state index contributed by atoms with van der Waals surface area (Å²) in [6.07, 6.45) is 2.69. The van der Waals surface area contributed by atoms with Crippen molar-refractivity contribution >= 4 is 23.5 Å². The van der Waals surface area contributed by atoms with E-state index in [0.29, 0.717) is 5.69 Å². The van der Waals surface area contributed by atoms with E-state index in [1.165, 1.54) is 17.3 Å². The fourth-order valence-corrected chi connectivity index (χ4v) is 2.63. The number of benzene rings is 1. The summed E-state index contributed by atoms with van der Waals surface area (Å²) in [5.41, 5.74) is 5.90. The molecule has 1 aromatic heterocycles. The van der Waals surface area contributed by atoms with Crippen molar-refractivity contribution in [1.82, 2.24) is 9.97 Å². The molecule has 8 heteroatoms. The molecule has 0 fully saturated rings. The van der Waals surface area contributed by atoms with Gasteiger partial charge in [0.25, 0.3) is 5.91 Å². The smallest absolute Gasteiger partial charge is 0.356 e. The maximum Gasteiger partial charge on any atom is 0.356 e. The van der Waals surface area contributed by atoms with Crippen LogP contribution in [0.1, 0.15) is 26.5 Å². The van der Waals surface area contributed by atoms with Crippen molar-refractivity contribution in [2.45, 2.75) is 12.5 Å². The molecule has 23 heavy (non-hydrogen) atoms. The molecule has 1 atom stereocenters. The molecule has 2 amide bonds. The van der Waals surface area contributed by atoms with E-state index in [4.69, 9.17) is 10.8 Å².